The van der Waals surface area contributed by atoms with Crippen LogP contribution in [0.2, 0.25) is 0 Å². The minimum atomic E-state index is -0.523. The molecule has 0 bridgehead atoms. The second kappa shape index (κ2) is 6.75. The van der Waals surface area contributed by atoms with Gasteiger partial charge < -0.3 is 20.1 Å². The smallest absolute Gasteiger partial charge is 0.194 e. The molecule has 0 radical (unpaired) electrons. The van der Waals surface area contributed by atoms with E-state index in [9.17, 15) is 5.11 Å². The molecule has 1 heterocycles. The number of hydrogen-bond acceptors (Lipinski definition) is 3. The zero-order chi connectivity index (χ0) is 16.4. The number of hydrogen-bond donors (Lipinski definition) is 2. The monoisotopic (exact) mass is 311 g/mol. The van der Waals surface area contributed by atoms with Gasteiger partial charge in [-0.1, -0.05) is 13.8 Å². The summed E-state index contributed by atoms with van der Waals surface area (Å²) in [6, 6.07) is 0. The van der Waals surface area contributed by atoms with E-state index < -0.39 is 6.10 Å². The van der Waals surface area contributed by atoms with Crippen molar-refractivity contribution >= 4 is 5.96 Å². The van der Waals surface area contributed by atoms with E-state index in [2.05, 4.69) is 49.8 Å². The highest BCUT2D eigenvalue weighted by molar-refractivity contribution is 5.82. The highest BCUT2D eigenvalue weighted by Crippen LogP contribution is 2.46. The van der Waals surface area contributed by atoms with Crippen molar-refractivity contribution in [3.63, 3.8) is 0 Å². The summed E-state index contributed by atoms with van der Waals surface area (Å²) in [6.07, 6.45) is 2.03. The molecule has 1 unspecified atom stereocenters. The van der Waals surface area contributed by atoms with Crippen LogP contribution in [0.3, 0.4) is 0 Å². The van der Waals surface area contributed by atoms with E-state index in [4.69, 9.17) is 4.74 Å². The number of nitrogens with zero attached hydrogens (tertiary/aromatic N) is 2. The van der Waals surface area contributed by atoms with E-state index in [1.165, 1.54) is 12.8 Å². The van der Waals surface area contributed by atoms with Gasteiger partial charge in [-0.25, -0.2) is 0 Å². The predicted octanol–water partition coefficient (Wildman–Crippen LogP) is 1.86. The molecular formula is C17H33N3O2. The number of guanidine groups is 1. The summed E-state index contributed by atoms with van der Waals surface area (Å²) in [5, 5.41) is 13.4. The summed E-state index contributed by atoms with van der Waals surface area (Å²) < 4.78 is 5.53. The van der Waals surface area contributed by atoms with E-state index >= 15 is 0 Å². The first-order chi connectivity index (χ1) is 10.3. The number of nitrogens with one attached hydrogen (secondary N) is 1. The molecule has 2 N–H and O–H groups in total. The van der Waals surface area contributed by atoms with Crippen molar-refractivity contribution in [3.8, 4) is 0 Å². The first-order valence-electron chi connectivity index (χ1n) is 8.59. The van der Waals surface area contributed by atoms with E-state index in [1.807, 2.05) is 0 Å². The molecule has 2 rings (SSSR count). The Morgan fingerprint density at radius 2 is 2.05 bits per heavy atom. The Bertz CT molecular complexity index is 403. The highest BCUT2D eigenvalue weighted by Gasteiger charge is 2.53. The van der Waals surface area contributed by atoms with E-state index in [0.29, 0.717) is 13.2 Å². The molecule has 1 aliphatic carbocycles. The summed E-state index contributed by atoms with van der Waals surface area (Å²) in [5.41, 5.74) is 0.344. The van der Waals surface area contributed by atoms with Crippen LogP contribution in [0.25, 0.3) is 0 Å². The van der Waals surface area contributed by atoms with Gasteiger partial charge in [-0.05, 0) is 39.5 Å². The molecular weight excluding hydrogens is 278 g/mol. The quantitative estimate of drug-likeness (QED) is 0.556. The summed E-state index contributed by atoms with van der Waals surface area (Å²) >= 11 is 0. The molecule has 1 atom stereocenters. The molecule has 5 nitrogen and oxygen atoms in total. The topological polar surface area (TPSA) is 57.1 Å². The second-order valence-corrected chi connectivity index (χ2v) is 7.86. The molecule has 2 aliphatic rings. The van der Waals surface area contributed by atoms with Crippen molar-refractivity contribution in [2.24, 2.45) is 16.3 Å². The maximum absolute atomic E-state index is 10.0. The van der Waals surface area contributed by atoms with Crippen LogP contribution in [-0.4, -0.2) is 60.5 Å². The SMILES string of the molecule is CCNC(=NCC(O)COCC1CC1)N1CC(C)(C)C1(C)C. The Morgan fingerprint density at radius 3 is 2.55 bits per heavy atom. The average Bonchev–Trinajstić information content (AvgIpc) is 3.25. The van der Waals surface area contributed by atoms with Crippen LogP contribution in [0.15, 0.2) is 4.99 Å². The normalized spacial score (nSPS) is 24.8. The van der Waals surface area contributed by atoms with Gasteiger partial charge in [0.2, 0.25) is 0 Å². The minimum absolute atomic E-state index is 0.0709. The average molecular weight is 311 g/mol. The molecule has 0 aromatic rings. The number of aliphatic hydroxyl groups excluding tert-OH is 1. The Balaban J connectivity index is 1.84. The molecule has 2 fully saturated rings. The Hall–Kier alpha value is -0.810. The zero-order valence-electron chi connectivity index (χ0n) is 14.9. The number of ether oxygens (including phenoxy) is 1. The first-order valence-corrected chi connectivity index (χ1v) is 8.59. The fourth-order valence-electron chi connectivity index (χ4n) is 2.69. The third kappa shape index (κ3) is 3.93. The van der Waals surface area contributed by atoms with Crippen molar-refractivity contribution < 1.29 is 9.84 Å². The van der Waals surface area contributed by atoms with Gasteiger partial charge in [0.1, 0.15) is 0 Å². The van der Waals surface area contributed by atoms with E-state index in [0.717, 1.165) is 31.6 Å². The van der Waals surface area contributed by atoms with Gasteiger partial charge in [0.15, 0.2) is 5.96 Å². The number of likely N-dealkylation sites (tertiary alicyclic amines) is 1. The van der Waals surface area contributed by atoms with Gasteiger partial charge in [0, 0.05) is 30.7 Å². The summed E-state index contributed by atoms with van der Waals surface area (Å²) in [6.45, 7) is 14.5. The molecule has 0 aromatic carbocycles. The molecule has 1 aliphatic heterocycles. The molecule has 5 heteroatoms. The van der Waals surface area contributed by atoms with Crippen molar-refractivity contribution in [2.75, 3.05) is 32.8 Å². The first kappa shape index (κ1) is 17.5. The third-order valence-electron chi connectivity index (χ3n) is 5.29. The standard InChI is InChI=1S/C17H33N3O2/c1-6-18-15(20-12-16(2,3)17(20,4)5)19-9-14(21)11-22-10-13-7-8-13/h13-14,21H,6-12H2,1-5H3,(H,18,19). The van der Waals surface area contributed by atoms with Crippen molar-refractivity contribution in [1.82, 2.24) is 10.2 Å². The number of aliphatic hydroxyl groups is 1. The van der Waals surface area contributed by atoms with Gasteiger partial charge in [-0.3, -0.25) is 4.99 Å². The van der Waals surface area contributed by atoms with Crippen LogP contribution in [-0.2, 0) is 4.74 Å². The maximum Gasteiger partial charge on any atom is 0.194 e. The van der Waals surface area contributed by atoms with Gasteiger partial charge in [-0.15, -0.1) is 0 Å². The zero-order valence-corrected chi connectivity index (χ0v) is 14.9. The molecule has 1 saturated heterocycles. The maximum atomic E-state index is 10.0. The molecule has 0 amide bonds. The lowest BCUT2D eigenvalue weighted by atomic mass is 9.65. The highest BCUT2D eigenvalue weighted by atomic mass is 16.5. The van der Waals surface area contributed by atoms with Gasteiger partial charge in [-0.2, -0.15) is 0 Å². The Kier molecular flexibility index (Phi) is 5.38. The molecule has 0 spiro atoms. The van der Waals surface area contributed by atoms with Crippen LogP contribution < -0.4 is 5.32 Å². The molecule has 0 aromatic heterocycles. The fourth-order valence-corrected chi connectivity index (χ4v) is 2.69. The van der Waals surface area contributed by atoms with Gasteiger partial charge in [0.05, 0.1) is 19.3 Å². The van der Waals surface area contributed by atoms with Crippen LogP contribution in [0.5, 0.6) is 0 Å². The minimum Gasteiger partial charge on any atom is -0.389 e. The summed E-state index contributed by atoms with van der Waals surface area (Å²) in [7, 11) is 0. The number of aliphatic imine (C=N–C) groups is 1. The molecule has 22 heavy (non-hydrogen) atoms. The van der Waals surface area contributed by atoms with Crippen molar-refractivity contribution in [2.45, 2.75) is 59.1 Å². The summed E-state index contributed by atoms with van der Waals surface area (Å²) in [4.78, 5) is 6.91. The lowest BCUT2D eigenvalue weighted by molar-refractivity contribution is -0.0669. The fraction of sp³-hybridized carbons (Fsp3) is 0.941. The molecule has 1 saturated carbocycles. The van der Waals surface area contributed by atoms with Crippen molar-refractivity contribution in [1.29, 1.82) is 0 Å². The predicted molar refractivity (Wildman–Crippen MR) is 90.1 cm³/mol. The molecule has 128 valence electrons. The lowest BCUT2D eigenvalue weighted by Gasteiger charge is -2.62. The third-order valence-corrected chi connectivity index (χ3v) is 5.29. The van der Waals surface area contributed by atoms with Crippen molar-refractivity contribution in [3.05, 3.63) is 0 Å². The van der Waals surface area contributed by atoms with Crippen LogP contribution >= 0.6 is 0 Å². The largest absolute Gasteiger partial charge is 0.389 e. The Labute approximate surface area is 135 Å². The second-order valence-electron chi connectivity index (χ2n) is 7.86. The van der Waals surface area contributed by atoms with E-state index in [-0.39, 0.29) is 11.0 Å². The van der Waals surface area contributed by atoms with Gasteiger partial charge >= 0.3 is 0 Å². The van der Waals surface area contributed by atoms with E-state index in [1.54, 1.807) is 0 Å². The number of rotatable bonds is 7. The summed E-state index contributed by atoms with van der Waals surface area (Å²) in [5.74, 6) is 1.63. The van der Waals surface area contributed by atoms with Crippen LogP contribution in [0.4, 0.5) is 0 Å². The van der Waals surface area contributed by atoms with Crippen LogP contribution in [0.1, 0.15) is 47.5 Å². The van der Waals surface area contributed by atoms with Gasteiger partial charge in [0.25, 0.3) is 0 Å². The lowest BCUT2D eigenvalue weighted by Crippen LogP contribution is -2.72. The Morgan fingerprint density at radius 1 is 1.36 bits per heavy atom. The van der Waals surface area contributed by atoms with Crippen LogP contribution in [0, 0.1) is 11.3 Å².